The van der Waals surface area contributed by atoms with E-state index in [1.54, 1.807) is 0 Å². The largest absolute Gasteiger partial charge is 0.309 e. The van der Waals surface area contributed by atoms with Crippen molar-refractivity contribution in [2.75, 3.05) is 0 Å². The molecule has 1 aliphatic carbocycles. The van der Waals surface area contributed by atoms with Gasteiger partial charge in [0.25, 0.3) is 0 Å². The van der Waals surface area contributed by atoms with E-state index in [4.69, 9.17) is 0 Å². The highest BCUT2D eigenvalue weighted by Gasteiger charge is 2.41. The van der Waals surface area contributed by atoms with Crippen molar-refractivity contribution in [3.05, 3.63) is 187 Å². The first-order chi connectivity index (χ1) is 23.9. The molecule has 0 saturated heterocycles. The number of fused-ring (bicyclic) bond motifs is 6. The Hall–Kier alpha value is -5.44. The predicted molar refractivity (Wildman–Crippen MR) is 211 cm³/mol. The van der Waals surface area contributed by atoms with Crippen LogP contribution >= 0.6 is 0 Å². The van der Waals surface area contributed by atoms with Crippen molar-refractivity contribution in [3.63, 3.8) is 0 Å². The van der Waals surface area contributed by atoms with Crippen LogP contribution in [0.5, 0.6) is 0 Å². The van der Waals surface area contributed by atoms with Crippen molar-refractivity contribution in [1.82, 2.24) is 4.57 Å². The molecule has 0 fully saturated rings. The molecular formula is C47H39NSi. The molecular weight excluding hydrogens is 607 g/mol. The summed E-state index contributed by atoms with van der Waals surface area (Å²) in [6, 6.07) is 64.1. The number of aromatic nitrogens is 1. The van der Waals surface area contributed by atoms with Gasteiger partial charge in [0.1, 0.15) is 0 Å². The zero-order chi connectivity index (χ0) is 33.2. The van der Waals surface area contributed by atoms with Gasteiger partial charge in [-0.3, -0.25) is 0 Å². The molecule has 0 radical (unpaired) electrons. The summed E-state index contributed by atoms with van der Waals surface area (Å²) < 4.78 is 2.48. The molecule has 0 amide bonds. The minimum absolute atomic E-state index is 0.0976. The summed E-state index contributed by atoms with van der Waals surface area (Å²) >= 11 is 0. The predicted octanol–water partition coefficient (Wildman–Crippen LogP) is 9.03. The molecule has 1 aromatic heterocycles. The molecule has 1 nitrogen and oxygen atoms in total. The molecule has 7 aromatic carbocycles. The quantitative estimate of drug-likeness (QED) is 0.130. The van der Waals surface area contributed by atoms with E-state index in [0.717, 1.165) is 6.42 Å². The average molecular weight is 646 g/mol. The Morgan fingerprint density at radius 3 is 1.55 bits per heavy atom. The van der Waals surface area contributed by atoms with Gasteiger partial charge < -0.3 is 4.57 Å². The van der Waals surface area contributed by atoms with Gasteiger partial charge >= 0.3 is 0 Å². The van der Waals surface area contributed by atoms with E-state index in [1.807, 2.05) is 0 Å². The smallest absolute Gasteiger partial charge is 0.179 e. The van der Waals surface area contributed by atoms with E-state index < -0.39 is 8.07 Å². The van der Waals surface area contributed by atoms with Gasteiger partial charge in [-0.05, 0) is 90.7 Å². The molecule has 0 N–H and O–H groups in total. The number of nitrogens with zero attached hydrogens (tertiary/aromatic N) is 1. The highest BCUT2D eigenvalue weighted by molar-refractivity contribution is 7.20. The van der Waals surface area contributed by atoms with Crippen molar-refractivity contribution < 1.29 is 0 Å². The van der Waals surface area contributed by atoms with Gasteiger partial charge in [-0.15, -0.1) is 0 Å². The highest BCUT2D eigenvalue weighted by Crippen LogP contribution is 2.43. The lowest BCUT2D eigenvalue weighted by Gasteiger charge is -2.34. The Kier molecular flexibility index (Phi) is 6.86. The van der Waals surface area contributed by atoms with Gasteiger partial charge in [0, 0.05) is 16.5 Å². The fourth-order valence-electron chi connectivity index (χ4n) is 8.31. The molecule has 49 heavy (non-hydrogen) atoms. The van der Waals surface area contributed by atoms with Crippen LogP contribution in [-0.4, -0.2) is 12.6 Å². The lowest BCUT2D eigenvalue weighted by atomic mass is 9.85. The van der Waals surface area contributed by atoms with Gasteiger partial charge in [0.2, 0.25) is 0 Å². The maximum Gasteiger partial charge on any atom is 0.179 e. The molecule has 2 heteroatoms. The first-order valence-electron chi connectivity index (χ1n) is 17.4. The van der Waals surface area contributed by atoms with Crippen LogP contribution in [0.1, 0.15) is 37.5 Å². The second-order valence-electron chi connectivity index (χ2n) is 14.6. The van der Waals surface area contributed by atoms with Gasteiger partial charge in [-0.2, -0.15) is 0 Å². The minimum atomic E-state index is -2.69. The van der Waals surface area contributed by atoms with E-state index >= 15 is 0 Å². The Morgan fingerprint density at radius 2 is 0.980 bits per heavy atom. The van der Waals surface area contributed by atoms with Crippen molar-refractivity contribution in [2.45, 2.75) is 32.6 Å². The van der Waals surface area contributed by atoms with Crippen molar-refractivity contribution in [2.24, 2.45) is 0 Å². The summed E-state index contributed by atoms with van der Waals surface area (Å²) in [5.74, 6) is 0. The maximum absolute atomic E-state index is 2.69. The number of hydrogen-bond donors (Lipinski definition) is 0. The third-order valence-corrected chi connectivity index (χ3v) is 15.5. The molecule has 236 valence electrons. The van der Waals surface area contributed by atoms with E-state index in [9.17, 15) is 0 Å². The van der Waals surface area contributed by atoms with Crippen LogP contribution in [0.25, 0.3) is 38.6 Å². The fourth-order valence-corrected chi connectivity index (χ4v) is 13.1. The third kappa shape index (κ3) is 4.66. The molecule has 0 bridgehead atoms. The van der Waals surface area contributed by atoms with Crippen LogP contribution in [-0.2, 0) is 11.8 Å². The highest BCUT2D eigenvalue weighted by atomic mass is 28.3. The van der Waals surface area contributed by atoms with Crippen LogP contribution in [0.4, 0.5) is 0 Å². The molecule has 1 heterocycles. The van der Waals surface area contributed by atoms with Crippen LogP contribution in [0.15, 0.2) is 170 Å². The van der Waals surface area contributed by atoms with Crippen molar-refractivity contribution in [3.8, 4) is 16.8 Å². The fraction of sp³-hybridized carbons (Fsp3) is 0.106. The van der Waals surface area contributed by atoms with Crippen molar-refractivity contribution >= 4 is 50.6 Å². The molecule has 0 aliphatic heterocycles. The Bertz CT molecular complexity index is 2370. The number of hydrogen-bond acceptors (Lipinski definition) is 0. The molecule has 0 spiro atoms. The Morgan fingerprint density at radius 1 is 0.449 bits per heavy atom. The monoisotopic (exact) mass is 645 g/mol. The summed E-state index contributed by atoms with van der Waals surface area (Å²) in [4.78, 5) is 0. The molecule has 0 unspecified atom stereocenters. The maximum atomic E-state index is 2.55. The second kappa shape index (κ2) is 11.3. The number of rotatable bonds is 5. The van der Waals surface area contributed by atoms with Gasteiger partial charge in [0.05, 0.1) is 11.0 Å². The van der Waals surface area contributed by atoms with Gasteiger partial charge in [-0.25, -0.2) is 0 Å². The van der Waals surface area contributed by atoms with Crippen LogP contribution < -0.4 is 20.7 Å². The lowest BCUT2D eigenvalue weighted by molar-refractivity contribution is 0.590. The Balaban J connectivity index is 1.38. The summed E-state index contributed by atoms with van der Waals surface area (Å²) in [6.45, 7) is 6.93. The van der Waals surface area contributed by atoms with E-state index in [1.165, 1.54) is 76.1 Å². The summed E-state index contributed by atoms with van der Waals surface area (Å²) in [6.07, 6.45) is 0.971. The number of para-hydroxylation sites is 1. The first-order valence-corrected chi connectivity index (χ1v) is 19.4. The van der Waals surface area contributed by atoms with Crippen LogP contribution in [0, 0.1) is 0 Å². The third-order valence-electron chi connectivity index (χ3n) is 10.7. The average Bonchev–Trinajstić information content (AvgIpc) is 3.66. The first kappa shape index (κ1) is 29.7. The van der Waals surface area contributed by atoms with Crippen LogP contribution in [0.2, 0.25) is 0 Å². The molecule has 9 rings (SSSR count). The topological polar surface area (TPSA) is 4.93 Å². The molecule has 1 aliphatic rings. The SMILES string of the molecule is CC(C)(C)c1ccc2c(c1)-c1cc3c4cc([Si](c5ccccc5)(c5ccccc5)c5ccccc5)ccc4n(-c4ccccc4)c3cc1C2. The molecule has 0 saturated carbocycles. The summed E-state index contributed by atoms with van der Waals surface area (Å²) in [5.41, 5.74) is 10.8. The van der Waals surface area contributed by atoms with E-state index in [0.29, 0.717) is 0 Å². The van der Waals surface area contributed by atoms with E-state index in [2.05, 4.69) is 195 Å². The Labute approximate surface area is 290 Å². The lowest BCUT2D eigenvalue weighted by Crippen LogP contribution is -2.74. The van der Waals surface area contributed by atoms with Gasteiger partial charge in [0.15, 0.2) is 8.07 Å². The standard InChI is InChI=1S/C47H39NSi/c1-47(2,3)35-25-24-33-28-34-29-46-44(32-42(34)41(33)30-35)43-31-40(26-27-45(43)48(46)36-16-8-4-9-17-36)49(37-18-10-5-11-19-37,38-20-12-6-13-21-38)39-22-14-7-15-23-39/h4-27,29-32H,28H2,1-3H3. The second-order valence-corrected chi connectivity index (χ2v) is 18.4. The van der Waals surface area contributed by atoms with Crippen molar-refractivity contribution in [1.29, 1.82) is 0 Å². The van der Waals surface area contributed by atoms with Gasteiger partial charge in [-0.1, -0.05) is 160 Å². The summed E-state index contributed by atoms with van der Waals surface area (Å²) in [7, 11) is -2.69. The number of benzene rings is 7. The molecule has 8 aromatic rings. The summed E-state index contributed by atoms with van der Waals surface area (Å²) in [5, 5.41) is 8.19. The molecule has 0 atom stereocenters. The van der Waals surface area contributed by atoms with E-state index in [-0.39, 0.29) is 5.41 Å². The van der Waals surface area contributed by atoms with Crippen LogP contribution in [0.3, 0.4) is 0 Å². The zero-order valence-electron chi connectivity index (χ0n) is 28.3. The normalized spacial score (nSPS) is 12.7. The zero-order valence-corrected chi connectivity index (χ0v) is 29.3. The minimum Gasteiger partial charge on any atom is -0.309 e.